The number of nitrogens with zero attached hydrogens (tertiary/aromatic N) is 2. The zero-order valence-electron chi connectivity index (χ0n) is 16.3. The number of amides is 1. The molecule has 0 spiro atoms. The van der Waals surface area contributed by atoms with Crippen LogP contribution in [0.15, 0.2) is 36.4 Å². The Bertz CT molecular complexity index is 1020. The second-order valence-corrected chi connectivity index (χ2v) is 6.95. The van der Waals surface area contributed by atoms with Gasteiger partial charge < -0.3 is 15.4 Å². The molecule has 2 aromatic carbocycles. The molecule has 32 heavy (non-hydrogen) atoms. The summed E-state index contributed by atoms with van der Waals surface area (Å²) < 4.78 is 44.3. The highest BCUT2D eigenvalue weighted by atomic mass is 19.4. The molecule has 0 bridgehead atoms. The number of alkyl halides is 3. The maximum Gasteiger partial charge on any atom is 0.416 e. The molecule has 0 aliphatic carbocycles. The lowest BCUT2D eigenvalue weighted by atomic mass is 10.1. The minimum atomic E-state index is -5.00. The quantitative estimate of drug-likeness (QED) is 0.471. The lowest BCUT2D eigenvalue weighted by Gasteiger charge is -2.13. The number of hydrogen-bond donors (Lipinski definition) is 2. The third kappa shape index (κ3) is 5.29. The van der Waals surface area contributed by atoms with Crippen molar-refractivity contribution in [1.29, 1.82) is 0 Å². The van der Waals surface area contributed by atoms with E-state index in [-0.39, 0.29) is 24.6 Å². The smallest absolute Gasteiger partial charge is 0.370 e. The highest BCUT2D eigenvalue weighted by Gasteiger charge is 2.37. The van der Waals surface area contributed by atoms with Gasteiger partial charge in [0, 0.05) is 31.0 Å². The Kier molecular flexibility index (Phi) is 6.58. The van der Waals surface area contributed by atoms with Gasteiger partial charge in [0.1, 0.15) is 6.10 Å². The molecule has 1 aliphatic heterocycles. The van der Waals surface area contributed by atoms with Crippen molar-refractivity contribution in [3.05, 3.63) is 67.8 Å². The highest BCUT2D eigenvalue weighted by Crippen LogP contribution is 2.41. The number of rotatable bonds is 7. The number of nitro benzene ring substituents is 2. The van der Waals surface area contributed by atoms with Gasteiger partial charge in [0.2, 0.25) is 0 Å². The van der Waals surface area contributed by atoms with Gasteiger partial charge in [-0.2, -0.15) is 13.2 Å². The molecular formula is C19H17F3N4O6. The van der Waals surface area contributed by atoms with Crippen LogP contribution in [0.5, 0.6) is 0 Å². The third-order valence-electron chi connectivity index (χ3n) is 4.70. The molecule has 1 saturated heterocycles. The summed E-state index contributed by atoms with van der Waals surface area (Å²) in [6.07, 6.45) is -4.20. The summed E-state index contributed by atoms with van der Waals surface area (Å²) in [5.74, 6) is -0.332. The van der Waals surface area contributed by atoms with Gasteiger partial charge in [0.05, 0.1) is 15.4 Å². The third-order valence-corrected chi connectivity index (χ3v) is 4.70. The molecule has 0 radical (unpaired) electrons. The van der Waals surface area contributed by atoms with E-state index in [1.165, 1.54) is 6.07 Å². The lowest BCUT2D eigenvalue weighted by molar-refractivity contribution is -0.392. The summed E-state index contributed by atoms with van der Waals surface area (Å²) in [4.78, 5) is 32.5. The van der Waals surface area contributed by atoms with Crippen molar-refractivity contribution in [3.63, 3.8) is 0 Å². The van der Waals surface area contributed by atoms with Gasteiger partial charge >= 0.3 is 6.18 Å². The molecule has 1 heterocycles. The van der Waals surface area contributed by atoms with E-state index in [4.69, 9.17) is 4.74 Å². The van der Waals surface area contributed by atoms with Crippen LogP contribution >= 0.6 is 0 Å². The maximum absolute atomic E-state index is 13.0. The first-order chi connectivity index (χ1) is 15.1. The van der Waals surface area contributed by atoms with Crippen LogP contribution in [0.2, 0.25) is 0 Å². The molecule has 13 heteroatoms. The average molecular weight is 454 g/mol. The van der Waals surface area contributed by atoms with Crippen molar-refractivity contribution < 1.29 is 32.5 Å². The molecule has 170 valence electrons. The normalized spacial score (nSPS) is 15.9. The topological polar surface area (TPSA) is 137 Å². The molecule has 1 atom stereocenters. The molecule has 3 rings (SSSR count). The molecule has 1 aliphatic rings. The Morgan fingerprint density at radius 3 is 2.31 bits per heavy atom. The number of carbonyl (C=O) groups excluding carboxylic acids is 1. The number of anilines is 2. The summed E-state index contributed by atoms with van der Waals surface area (Å²) in [5, 5.41) is 27.8. The van der Waals surface area contributed by atoms with Crippen LogP contribution in [-0.4, -0.2) is 28.5 Å². The lowest BCUT2D eigenvalue weighted by Crippen LogP contribution is -2.26. The largest absolute Gasteiger partial charge is 0.416 e. The maximum atomic E-state index is 13.0. The second kappa shape index (κ2) is 9.18. The first-order valence-electron chi connectivity index (χ1n) is 9.35. The van der Waals surface area contributed by atoms with E-state index in [9.17, 15) is 38.2 Å². The molecule has 1 fully saturated rings. The Hall–Kier alpha value is -3.74. The summed E-state index contributed by atoms with van der Waals surface area (Å²) in [7, 11) is 0. The molecule has 0 aromatic heterocycles. The van der Waals surface area contributed by atoms with E-state index in [1.54, 1.807) is 18.2 Å². The van der Waals surface area contributed by atoms with Crippen molar-refractivity contribution in [1.82, 2.24) is 0 Å². The van der Waals surface area contributed by atoms with Crippen LogP contribution in [0.25, 0.3) is 0 Å². The standard InChI is InChI=1S/C19H17F3N4O6/c20-19(21,22)12-8-14(25(28)29)17(15(9-12)26(30)31)23-10-11-3-1-4-13(7-11)24-18(27)16-5-2-6-32-16/h1,3-4,7-9,16,23H,2,5-6,10H2,(H,24,27). The van der Waals surface area contributed by atoms with Gasteiger partial charge in [-0.15, -0.1) is 0 Å². The summed E-state index contributed by atoms with van der Waals surface area (Å²) in [5.41, 5.74) is -3.43. The fraction of sp³-hybridized carbons (Fsp3) is 0.316. The summed E-state index contributed by atoms with van der Waals surface area (Å²) in [6.45, 7) is 0.309. The second-order valence-electron chi connectivity index (χ2n) is 6.95. The van der Waals surface area contributed by atoms with E-state index in [1.807, 2.05) is 0 Å². The fourth-order valence-corrected chi connectivity index (χ4v) is 3.20. The van der Waals surface area contributed by atoms with Crippen LogP contribution in [0, 0.1) is 20.2 Å². The van der Waals surface area contributed by atoms with Crippen molar-refractivity contribution in [2.45, 2.75) is 31.7 Å². The highest BCUT2D eigenvalue weighted by molar-refractivity contribution is 5.94. The van der Waals surface area contributed by atoms with Crippen LogP contribution < -0.4 is 10.6 Å². The zero-order valence-corrected chi connectivity index (χ0v) is 16.3. The van der Waals surface area contributed by atoms with Crippen molar-refractivity contribution in [2.75, 3.05) is 17.2 Å². The van der Waals surface area contributed by atoms with Crippen LogP contribution in [0.4, 0.5) is 35.9 Å². The number of hydrogen-bond acceptors (Lipinski definition) is 7. The molecule has 2 N–H and O–H groups in total. The van der Waals surface area contributed by atoms with Gasteiger partial charge in [-0.25, -0.2) is 0 Å². The Labute approximate surface area is 178 Å². The summed E-state index contributed by atoms with van der Waals surface area (Å²) >= 11 is 0. The number of nitro groups is 2. The van der Waals surface area contributed by atoms with Crippen molar-refractivity contribution in [3.8, 4) is 0 Å². The monoisotopic (exact) mass is 454 g/mol. The first kappa shape index (κ1) is 22.9. The average Bonchev–Trinajstić information content (AvgIpc) is 3.26. The van der Waals surface area contributed by atoms with E-state index < -0.39 is 44.8 Å². The van der Waals surface area contributed by atoms with Crippen LogP contribution in [-0.2, 0) is 22.3 Å². The van der Waals surface area contributed by atoms with Gasteiger partial charge in [-0.3, -0.25) is 25.0 Å². The number of carbonyl (C=O) groups is 1. The molecule has 1 unspecified atom stereocenters. The van der Waals surface area contributed by atoms with Crippen molar-refractivity contribution >= 4 is 28.7 Å². The number of halogens is 3. The van der Waals surface area contributed by atoms with E-state index in [2.05, 4.69) is 10.6 Å². The molecule has 1 amide bonds. The predicted octanol–water partition coefficient (Wildman–Crippen LogP) is 4.25. The van der Waals surface area contributed by atoms with Gasteiger partial charge in [-0.05, 0) is 30.5 Å². The van der Waals surface area contributed by atoms with Crippen LogP contribution in [0.3, 0.4) is 0 Å². The van der Waals surface area contributed by atoms with Crippen molar-refractivity contribution in [2.24, 2.45) is 0 Å². The van der Waals surface area contributed by atoms with E-state index in [0.717, 1.165) is 6.42 Å². The molecule has 0 saturated carbocycles. The SMILES string of the molecule is O=C(Nc1cccc(CNc2c([N+](=O)[O-])cc(C(F)(F)F)cc2[N+](=O)[O-])c1)C1CCCO1. The summed E-state index contributed by atoms with van der Waals surface area (Å²) in [6, 6.07) is 6.77. The Balaban J connectivity index is 1.84. The zero-order chi connectivity index (χ0) is 23.5. The van der Waals surface area contributed by atoms with E-state index >= 15 is 0 Å². The predicted molar refractivity (Wildman–Crippen MR) is 106 cm³/mol. The van der Waals surface area contributed by atoms with Crippen LogP contribution in [0.1, 0.15) is 24.0 Å². The minimum Gasteiger partial charge on any atom is -0.370 e. The van der Waals surface area contributed by atoms with Gasteiger partial charge in [-0.1, -0.05) is 12.1 Å². The fourth-order valence-electron chi connectivity index (χ4n) is 3.20. The molecular weight excluding hydrogens is 437 g/mol. The molecule has 2 aromatic rings. The number of nitrogens with one attached hydrogen (secondary N) is 2. The number of ether oxygens (including phenoxy) is 1. The van der Waals surface area contributed by atoms with Gasteiger partial charge in [0.15, 0.2) is 5.69 Å². The Morgan fingerprint density at radius 1 is 1.12 bits per heavy atom. The first-order valence-corrected chi connectivity index (χ1v) is 9.35. The van der Waals surface area contributed by atoms with E-state index in [0.29, 0.717) is 24.3 Å². The number of benzene rings is 2. The Morgan fingerprint density at radius 2 is 1.78 bits per heavy atom. The minimum absolute atomic E-state index is 0.184. The van der Waals surface area contributed by atoms with Gasteiger partial charge in [0.25, 0.3) is 17.3 Å². The molecule has 10 nitrogen and oxygen atoms in total.